The van der Waals surface area contributed by atoms with Crippen LogP contribution >= 0.6 is 15.6 Å². The van der Waals surface area contributed by atoms with Gasteiger partial charge in [-0.1, -0.05) is 279 Å². The van der Waals surface area contributed by atoms with Crippen molar-refractivity contribution in [1.29, 1.82) is 0 Å². The Bertz CT molecular complexity index is 1670. The monoisotopic (exact) mass is 1250 g/mol. The molecule has 0 rings (SSSR count). The highest BCUT2D eigenvalue weighted by Gasteiger charge is 2.30. The van der Waals surface area contributed by atoms with Crippen LogP contribution in [-0.4, -0.2) is 96.7 Å². The third kappa shape index (κ3) is 60.7. The number of phosphoric acid groups is 2. The molecule has 0 aliphatic rings. The third-order valence-electron chi connectivity index (χ3n) is 15.2. The smallest absolute Gasteiger partial charge is 0.462 e. The van der Waals surface area contributed by atoms with E-state index in [4.69, 9.17) is 37.0 Å². The van der Waals surface area contributed by atoms with Crippen LogP contribution < -0.4 is 0 Å². The lowest BCUT2D eigenvalue weighted by atomic mass is 10.0. The molecule has 0 aliphatic carbocycles. The summed E-state index contributed by atoms with van der Waals surface area (Å²) in [6.07, 6.45) is 41.8. The maximum Gasteiger partial charge on any atom is 0.472 e. The van der Waals surface area contributed by atoms with E-state index in [1.165, 1.54) is 141 Å². The van der Waals surface area contributed by atoms with Crippen LogP contribution in [0.4, 0.5) is 0 Å². The topological polar surface area (TPSA) is 237 Å². The third-order valence-corrected chi connectivity index (χ3v) is 17.1. The van der Waals surface area contributed by atoms with Crippen molar-refractivity contribution in [2.45, 2.75) is 349 Å². The van der Waals surface area contributed by atoms with Crippen LogP contribution in [0.5, 0.6) is 0 Å². The fraction of sp³-hybridized carbons (Fsp3) is 0.939. The summed E-state index contributed by atoms with van der Waals surface area (Å²) in [6.45, 7) is 9.40. The molecule has 0 fully saturated rings. The lowest BCUT2D eigenvalue weighted by molar-refractivity contribution is -0.161. The minimum absolute atomic E-state index is 0.106. The van der Waals surface area contributed by atoms with E-state index in [0.29, 0.717) is 31.6 Å². The van der Waals surface area contributed by atoms with Crippen molar-refractivity contribution in [2.24, 2.45) is 11.8 Å². The molecule has 504 valence electrons. The lowest BCUT2D eigenvalue weighted by Crippen LogP contribution is -2.30. The summed E-state index contributed by atoms with van der Waals surface area (Å²) >= 11 is 0. The first-order valence-corrected chi connectivity index (χ1v) is 37.5. The van der Waals surface area contributed by atoms with Gasteiger partial charge < -0.3 is 33.8 Å². The van der Waals surface area contributed by atoms with Gasteiger partial charge >= 0.3 is 39.5 Å². The average molecular weight is 1260 g/mol. The molecule has 0 radical (unpaired) electrons. The minimum Gasteiger partial charge on any atom is -0.462 e. The Morgan fingerprint density at radius 1 is 0.318 bits per heavy atom. The predicted octanol–water partition coefficient (Wildman–Crippen LogP) is 18.4. The highest BCUT2D eigenvalue weighted by molar-refractivity contribution is 7.47. The number of unbranched alkanes of at least 4 members (excludes halogenated alkanes) is 35. The van der Waals surface area contributed by atoms with Crippen molar-refractivity contribution in [1.82, 2.24) is 0 Å². The van der Waals surface area contributed by atoms with E-state index in [2.05, 4.69) is 41.5 Å². The first kappa shape index (κ1) is 83.1. The zero-order valence-corrected chi connectivity index (χ0v) is 56.7. The fourth-order valence-electron chi connectivity index (χ4n) is 9.88. The number of carbonyl (C=O) groups excluding carboxylic acids is 4. The van der Waals surface area contributed by atoms with Crippen molar-refractivity contribution >= 4 is 39.5 Å². The summed E-state index contributed by atoms with van der Waals surface area (Å²) in [4.78, 5) is 72.3. The second-order valence-electron chi connectivity index (χ2n) is 24.8. The average Bonchev–Trinajstić information content (AvgIpc) is 3.61. The largest absolute Gasteiger partial charge is 0.472 e. The zero-order chi connectivity index (χ0) is 62.9. The van der Waals surface area contributed by atoms with Crippen LogP contribution in [0.1, 0.15) is 330 Å². The number of hydrogen-bond donors (Lipinski definition) is 3. The molecule has 5 atom stereocenters. The summed E-state index contributed by atoms with van der Waals surface area (Å²) in [5, 5.41) is 10.5. The zero-order valence-electron chi connectivity index (χ0n) is 54.9. The summed E-state index contributed by atoms with van der Waals surface area (Å²) < 4.78 is 68.1. The summed E-state index contributed by atoms with van der Waals surface area (Å²) in [5.41, 5.74) is 0. The Morgan fingerprint density at radius 2 is 0.541 bits per heavy atom. The molecule has 0 heterocycles. The molecule has 85 heavy (non-hydrogen) atoms. The van der Waals surface area contributed by atoms with Crippen molar-refractivity contribution in [3.8, 4) is 0 Å². The van der Waals surface area contributed by atoms with Crippen LogP contribution in [0, 0.1) is 11.8 Å². The fourth-order valence-corrected chi connectivity index (χ4v) is 11.5. The Hall–Kier alpha value is -1.94. The molecule has 0 saturated heterocycles. The standard InChI is InChI=1S/C66H128O17P2/c1-7-9-11-13-15-17-19-20-21-23-25-31-39-45-51-66(71)82-61(54-76-63(68)48-42-36-29-27-26-28-34-40-46-58(3)4)56-80-84(72,73)78-52-60(67)53-79-85(74,75)81-57-62(55-77-64(69)49-43-37-33-32-35-41-47-59(5)6)83-65(70)50-44-38-30-24-22-18-16-14-12-10-8-2/h58-62,67H,7-57H2,1-6H3,(H,72,73)(H,74,75)/t60-,61-,62-/m1/s1. The van der Waals surface area contributed by atoms with Crippen molar-refractivity contribution in [2.75, 3.05) is 39.6 Å². The minimum atomic E-state index is -4.95. The molecule has 0 amide bonds. The maximum absolute atomic E-state index is 13.0. The van der Waals surface area contributed by atoms with E-state index >= 15 is 0 Å². The highest BCUT2D eigenvalue weighted by atomic mass is 31.2. The molecular weight excluding hydrogens is 1130 g/mol. The van der Waals surface area contributed by atoms with Crippen LogP contribution in [0.25, 0.3) is 0 Å². The number of esters is 4. The van der Waals surface area contributed by atoms with Crippen LogP contribution in [0.3, 0.4) is 0 Å². The molecule has 3 N–H and O–H groups in total. The van der Waals surface area contributed by atoms with Crippen LogP contribution in [0.15, 0.2) is 0 Å². The van der Waals surface area contributed by atoms with Gasteiger partial charge in [-0.3, -0.25) is 37.3 Å². The quantitative estimate of drug-likeness (QED) is 0.0222. The Balaban J connectivity index is 5.24. The van der Waals surface area contributed by atoms with Crippen molar-refractivity contribution < 1.29 is 80.2 Å². The van der Waals surface area contributed by atoms with Crippen molar-refractivity contribution in [3.63, 3.8) is 0 Å². The highest BCUT2D eigenvalue weighted by Crippen LogP contribution is 2.45. The molecule has 0 bridgehead atoms. The molecule has 17 nitrogen and oxygen atoms in total. The Kier molecular flexibility index (Phi) is 57.1. The van der Waals surface area contributed by atoms with Gasteiger partial charge in [0.05, 0.1) is 26.4 Å². The first-order chi connectivity index (χ1) is 40.9. The number of phosphoric ester groups is 2. The van der Waals surface area contributed by atoms with E-state index in [1.54, 1.807) is 0 Å². The van der Waals surface area contributed by atoms with E-state index in [9.17, 15) is 43.2 Å². The van der Waals surface area contributed by atoms with Crippen molar-refractivity contribution in [3.05, 3.63) is 0 Å². The number of aliphatic hydroxyl groups excluding tert-OH is 1. The predicted molar refractivity (Wildman–Crippen MR) is 340 cm³/mol. The SMILES string of the molecule is CCCCCCCCCCCCCCCCC(=O)O[C@H](COC(=O)CCCCCCCCCCC(C)C)COP(=O)(O)OC[C@@H](O)COP(=O)(O)OC[C@@H](COC(=O)CCCCCCCCC(C)C)OC(=O)CCCCCCCCCCCCC. The number of aliphatic hydroxyl groups is 1. The molecule has 0 aliphatic heterocycles. The van der Waals surface area contributed by atoms with E-state index < -0.39 is 97.5 Å². The molecule has 0 aromatic carbocycles. The normalized spacial score (nSPS) is 14.2. The van der Waals surface area contributed by atoms with Gasteiger partial charge in [0, 0.05) is 25.7 Å². The second-order valence-corrected chi connectivity index (χ2v) is 27.7. The van der Waals surface area contributed by atoms with E-state index in [1.807, 2.05) is 0 Å². The van der Waals surface area contributed by atoms with Gasteiger partial charge in [0.1, 0.15) is 19.3 Å². The van der Waals surface area contributed by atoms with Crippen LogP contribution in [-0.2, 0) is 65.4 Å². The van der Waals surface area contributed by atoms with E-state index in [0.717, 1.165) is 102 Å². The molecule has 0 spiro atoms. The van der Waals surface area contributed by atoms with Gasteiger partial charge in [0.2, 0.25) is 0 Å². The number of carbonyl (C=O) groups is 4. The van der Waals surface area contributed by atoms with Gasteiger partial charge in [-0.05, 0) is 37.5 Å². The molecule has 19 heteroatoms. The Morgan fingerprint density at radius 3 is 0.800 bits per heavy atom. The number of hydrogen-bond acceptors (Lipinski definition) is 15. The van der Waals surface area contributed by atoms with Gasteiger partial charge in [-0.15, -0.1) is 0 Å². The summed E-state index contributed by atoms with van der Waals surface area (Å²) in [6, 6.07) is 0. The second kappa shape index (κ2) is 58.4. The summed E-state index contributed by atoms with van der Waals surface area (Å²) in [5.74, 6) is -0.725. The number of ether oxygens (including phenoxy) is 4. The van der Waals surface area contributed by atoms with E-state index in [-0.39, 0.29) is 25.7 Å². The van der Waals surface area contributed by atoms with Gasteiger partial charge in [-0.25, -0.2) is 9.13 Å². The van der Waals surface area contributed by atoms with Gasteiger partial charge in [0.25, 0.3) is 0 Å². The summed E-state index contributed by atoms with van der Waals surface area (Å²) in [7, 11) is -9.89. The lowest BCUT2D eigenvalue weighted by Gasteiger charge is -2.21. The first-order valence-electron chi connectivity index (χ1n) is 34.5. The molecule has 0 aromatic rings. The molecule has 0 saturated carbocycles. The van der Waals surface area contributed by atoms with Gasteiger partial charge in [0.15, 0.2) is 12.2 Å². The maximum atomic E-state index is 13.0. The number of rotatable bonds is 65. The Labute approximate surface area is 517 Å². The molecular formula is C66H128O17P2. The van der Waals surface area contributed by atoms with Gasteiger partial charge in [-0.2, -0.15) is 0 Å². The molecule has 2 unspecified atom stereocenters. The van der Waals surface area contributed by atoms with Crippen LogP contribution in [0.2, 0.25) is 0 Å². The molecule has 0 aromatic heterocycles.